The number of hydrogen-bond donors (Lipinski definition) is 3. The van der Waals surface area contributed by atoms with Crippen LogP contribution in [0.3, 0.4) is 0 Å². The molecular formula is C20H29F2N3O3. The predicted molar refractivity (Wildman–Crippen MR) is 102 cm³/mol. The van der Waals surface area contributed by atoms with E-state index in [0.29, 0.717) is 13.2 Å². The summed E-state index contributed by atoms with van der Waals surface area (Å²) in [4.78, 5) is 25.1. The summed E-state index contributed by atoms with van der Waals surface area (Å²) in [7, 11) is 1.63. The third-order valence-electron chi connectivity index (χ3n) is 5.18. The number of carbonyl (C=O) groups is 2. The Morgan fingerprint density at radius 1 is 1.21 bits per heavy atom. The van der Waals surface area contributed by atoms with Gasteiger partial charge in [-0.2, -0.15) is 0 Å². The Morgan fingerprint density at radius 2 is 1.82 bits per heavy atom. The van der Waals surface area contributed by atoms with Gasteiger partial charge < -0.3 is 20.7 Å². The first-order chi connectivity index (χ1) is 13.3. The molecule has 0 aliphatic carbocycles. The second-order valence-electron chi connectivity index (χ2n) is 7.69. The minimum absolute atomic E-state index is 0.168. The van der Waals surface area contributed by atoms with E-state index in [0.717, 1.165) is 38.1 Å². The number of benzene rings is 1. The highest BCUT2D eigenvalue weighted by atomic mass is 19.1. The summed E-state index contributed by atoms with van der Waals surface area (Å²) in [6, 6.07) is 2.29. The van der Waals surface area contributed by atoms with Gasteiger partial charge in [0.2, 0.25) is 5.91 Å². The standard InChI is InChI=1S/C20H29F2N3O3/c1-13(2)17(25-18(26)16-14(21)5-4-6-15(16)22)19(27)24-11-20(12-28-3)7-9-23-10-8-20/h4-6,13,17,23H,7-12H2,1-3H3,(H,24,27)(H,25,26). The van der Waals surface area contributed by atoms with Gasteiger partial charge in [0.1, 0.15) is 23.2 Å². The van der Waals surface area contributed by atoms with E-state index in [1.165, 1.54) is 6.07 Å². The number of amides is 2. The van der Waals surface area contributed by atoms with Crippen molar-refractivity contribution < 1.29 is 23.1 Å². The SMILES string of the molecule is COCC1(CNC(=O)C(NC(=O)c2c(F)cccc2F)C(C)C)CCNCC1. The van der Waals surface area contributed by atoms with Crippen molar-refractivity contribution in [3.8, 4) is 0 Å². The van der Waals surface area contributed by atoms with Gasteiger partial charge in [-0.15, -0.1) is 0 Å². The predicted octanol–water partition coefficient (Wildman–Crippen LogP) is 1.85. The Kier molecular flexibility index (Phi) is 7.88. The molecule has 1 heterocycles. The number of hydrogen-bond acceptors (Lipinski definition) is 4. The average Bonchev–Trinajstić information content (AvgIpc) is 2.65. The van der Waals surface area contributed by atoms with E-state index in [2.05, 4.69) is 16.0 Å². The van der Waals surface area contributed by atoms with E-state index in [1.807, 2.05) is 0 Å². The third kappa shape index (κ3) is 5.48. The molecule has 1 saturated heterocycles. The molecule has 2 amide bonds. The quantitative estimate of drug-likeness (QED) is 0.626. The summed E-state index contributed by atoms with van der Waals surface area (Å²) in [5.74, 6) is -3.51. The number of piperidine rings is 1. The van der Waals surface area contributed by atoms with Crippen LogP contribution >= 0.6 is 0 Å². The van der Waals surface area contributed by atoms with Crippen molar-refractivity contribution in [1.29, 1.82) is 0 Å². The van der Waals surface area contributed by atoms with Crippen molar-refractivity contribution in [2.45, 2.75) is 32.7 Å². The highest BCUT2D eigenvalue weighted by Crippen LogP contribution is 2.28. The maximum absolute atomic E-state index is 13.9. The van der Waals surface area contributed by atoms with Gasteiger partial charge in [-0.05, 0) is 44.0 Å². The minimum atomic E-state index is -0.964. The average molecular weight is 397 g/mol. The van der Waals surface area contributed by atoms with Gasteiger partial charge in [-0.1, -0.05) is 19.9 Å². The van der Waals surface area contributed by atoms with Crippen molar-refractivity contribution >= 4 is 11.8 Å². The molecular weight excluding hydrogens is 368 g/mol. The smallest absolute Gasteiger partial charge is 0.257 e. The van der Waals surface area contributed by atoms with E-state index in [9.17, 15) is 18.4 Å². The van der Waals surface area contributed by atoms with E-state index < -0.39 is 29.1 Å². The fourth-order valence-electron chi connectivity index (χ4n) is 3.48. The first-order valence-electron chi connectivity index (χ1n) is 9.52. The molecule has 8 heteroatoms. The van der Waals surface area contributed by atoms with E-state index in [1.54, 1.807) is 21.0 Å². The van der Waals surface area contributed by atoms with Crippen LogP contribution in [-0.2, 0) is 9.53 Å². The van der Waals surface area contributed by atoms with Crippen molar-refractivity contribution in [2.24, 2.45) is 11.3 Å². The highest BCUT2D eigenvalue weighted by molar-refractivity contribution is 5.98. The van der Waals surface area contributed by atoms with E-state index in [4.69, 9.17) is 4.74 Å². The Morgan fingerprint density at radius 3 is 2.36 bits per heavy atom. The molecule has 1 aromatic rings. The fraction of sp³-hybridized carbons (Fsp3) is 0.600. The highest BCUT2D eigenvalue weighted by Gasteiger charge is 2.34. The molecule has 6 nitrogen and oxygen atoms in total. The molecule has 0 radical (unpaired) electrons. The van der Waals surface area contributed by atoms with Crippen molar-refractivity contribution in [3.05, 3.63) is 35.4 Å². The maximum atomic E-state index is 13.9. The first-order valence-corrected chi connectivity index (χ1v) is 9.52. The lowest BCUT2D eigenvalue weighted by Crippen LogP contribution is -2.54. The minimum Gasteiger partial charge on any atom is -0.384 e. The van der Waals surface area contributed by atoms with Crippen molar-refractivity contribution in [2.75, 3.05) is 33.4 Å². The van der Waals surface area contributed by atoms with Gasteiger partial charge in [0, 0.05) is 19.1 Å². The molecule has 3 N–H and O–H groups in total. The van der Waals surface area contributed by atoms with Gasteiger partial charge in [0.25, 0.3) is 5.91 Å². The molecule has 1 fully saturated rings. The Labute approximate surface area is 164 Å². The van der Waals surface area contributed by atoms with Crippen molar-refractivity contribution in [1.82, 2.24) is 16.0 Å². The number of halogens is 2. The molecule has 0 saturated carbocycles. The zero-order valence-corrected chi connectivity index (χ0v) is 16.6. The second kappa shape index (κ2) is 9.93. The van der Waals surface area contributed by atoms with Crippen LogP contribution < -0.4 is 16.0 Å². The number of rotatable bonds is 8. The lowest BCUT2D eigenvalue weighted by molar-refractivity contribution is -0.124. The fourth-order valence-corrected chi connectivity index (χ4v) is 3.48. The molecule has 0 aromatic heterocycles. The molecule has 2 rings (SSSR count). The number of methoxy groups -OCH3 is 1. The van der Waals surface area contributed by atoms with Crippen LogP contribution in [0.25, 0.3) is 0 Å². The van der Waals surface area contributed by atoms with Crippen LogP contribution in [0.15, 0.2) is 18.2 Å². The topological polar surface area (TPSA) is 79.5 Å². The van der Waals surface area contributed by atoms with E-state index in [-0.39, 0.29) is 17.2 Å². The molecule has 156 valence electrons. The number of carbonyl (C=O) groups excluding carboxylic acids is 2. The zero-order chi connectivity index (χ0) is 20.7. The lowest BCUT2D eigenvalue weighted by atomic mass is 9.79. The first kappa shape index (κ1) is 22.2. The largest absolute Gasteiger partial charge is 0.384 e. The van der Waals surface area contributed by atoms with Gasteiger partial charge in [0.15, 0.2) is 0 Å². The molecule has 1 atom stereocenters. The third-order valence-corrected chi connectivity index (χ3v) is 5.18. The van der Waals surface area contributed by atoms with Gasteiger partial charge in [0.05, 0.1) is 6.61 Å². The van der Waals surface area contributed by atoms with Crippen molar-refractivity contribution in [3.63, 3.8) is 0 Å². The van der Waals surface area contributed by atoms with Crippen LogP contribution in [0.1, 0.15) is 37.0 Å². The molecule has 0 bridgehead atoms. The summed E-state index contributed by atoms with van der Waals surface area (Å²) in [6.07, 6.45) is 1.72. The van der Waals surface area contributed by atoms with Crippen LogP contribution in [-0.4, -0.2) is 51.2 Å². The van der Waals surface area contributed by atoms with Crippen LogP contribution in [0.4, 0.5) is 8.78 Å². The lowest BCUT2D eigenvalue weighted by Gasteiger charge is -2.37. The molecule has 1 aromatic carbocycles. The van der Waals surface area contributed by atoms with Gasteiger partial charge in [-0.25, -0.2) is 8.78 Å². The molecule has 1 unspecified atom stereocenters. The molecule has 1 aliphatic heterocycles. The Balaban J connectivity index is 2.06. The number of nitrogens with one attached hydrogen (secondary N) is 3. The van der Waals surface area contributed by atoms with Crippen LogP contribution in [0.2, 0.25) is 0 Å². The Hall–Kier alpha value is -2.06. The van der Waals surface area contributed by atoms with E-state index >= 15 is 0 Å². The molecule has 28 heavy (non-hydrogen) atoms. The second-order valence-corrected chi connectivity index (χ2v) is 7.69. The zero-order valence-electron chi connectivity index (χ0n) is 16.6. The maximum Gasteiger partial charge on any atom is 0.257 e. The molecule has 0 spiro atoms. The normalized spacial score (nSPS) is 17.2. The summed E-state index contributed by atoms with van der Waals surface area (Å²) in [5, 5.41) is 8.65. The van der Waals surface area contributed by atoms with Gasteiger partial charge in [-0.3, -0.25) is 9.59 Å². The summed E-state index contributed by atoms with van der Waals surface area (Å²) < 4.78 is 33.1. The van der Waals surface area contributed by atoms with Crippen LogP contribution in [0.5, 0.6) is 0 Å². The summed E-state index contributed by atoms with van der Waals surface area (Å²) in [6.45, 7) is 6.14. The monoisotopic (exact) mass is 397 g/mol. The number of ether oxygens (including phenoxy) is 1. The molecule has 1 aliphatic rings. The summed E-state index contributed by atoms with van der Waals surface area (Å²) in [5.41, 5.74) is -0.853. The summed E-state index contributed by atoms with van der Waals surface area (Å²) >= 11 is 0. The Bertz CT molecular complexity index is 666. The van der Waals surface area contributed by atoms with Crippen LogP contribution in [0, 0.1) is 23.0 Å². The van der Waals surface area contributed by atoms with Gasteiger partial charge >= 0.3 is 0 Å².